The highest BCUT2D eigenvalue weighted by Gasteiger charge is 2.40. The van der Waals surface area contributed by atoms with Crippen molar-refractivity contribution in [2.24, 2.45) is 11.8 Å². The largest absolute Gasteiger partial charge is 0.390 e. The third-order valence-electron chi connectivity index (χ3n) is 4.52. The van der Waals surface area contributed by atoms with E-state index in [1.807, 2.05) is 37.3 Å². The third-order valence-corrected chi connectivity index (χ3v) is 6.05. The summed E-state index contributed by atoms with van der Waals surface area (Å²) in [6, 6.07) is 9.39. The van der Waals surface area contributed by atoms with Gasteiger partial charge in [-0.05, 0) is 37.3 Å². The molecular weight excluding hydrogens is 310 g/mol. The Morgan fingerprint density at radius 3 is 2.61 bits per heavy atom. The van der Waals surface area contributed by atoms with Crippen LogP contribution in [0, 0.1) is 11.8 Å². The standard InChI is InChI=1S/C18H27NO3S/c1-15(2)13-17-14-19(11-10-18(17,3)20)23(21,22)12-9-16-7-5-4-6-8-16/h4-9,12,15,17,20H,10-11,13-14H2,1-3H3/t17-,18+/m0/s1. The van der Waals surface area contributed by atoms with E-state index < -0.39 is 15.6 Å². The maximum atomic E-state index is 12.6. The topological polar surface area (TPSA) is 57.6 Å². The molecule has 0 unspecified atom stereocenters. The Hall–Kier alpha value is -1.17. The molecule has 1 heterocycles. The molecule has 0 spiro atoms. The van der Waals surface area contributed by atoms with Gasteiger partial charge in [0.2, 0.25) is 10.0 Å². The number of benzene rings is 1. The number of piperidine rings is 1. The molecule has 5 heteroatoms. The van der Waals surface area contributed by atoms with Crippen LogP contribution in [0.2, 0.25) is 0 Å². The zero-order chi connectivity index (χ0) is 17.1. The second kappa shape index (κ2) is 7.16. The fourth-order valence-electron chi connectivity index (χ4n) is 3.03. The second-order valence-corrected chi connectivity index (χ2v) is 8.87. The molecule has 1 aromatic carbocycles. The van der Waals surface area contributed by atoms with Crippen molar-refractivity contribution in [2.75, 3.05) is 13.1 Å². The molecule has 0 radical (unpaired) electrons. The van der Waals surface area contributed by atoms with Gasteiger partial charge in [-0.1, -0.05) is 44.2 Å². The van der Waals surface area contributed by atoms with Gasteiger partial charge in [0.1, 0.15) is 0 Å². The van der Waals surface area contributed by atoms with E-state index in [0.717, 1.165) is 12.0 Å². The maximum Gasteiger partial charge on any atom is 0.236 e. The first-order valence-electron chi connectivity index (χ1n) is 8.16. The predicted molar refractivity (Wildman–Crippen MR) is 94.2 cm³/mol. The first kappa shape index (κ1) is 18.2. The average Bonchev–Trinajstić information content (AvgIpc) is 2.48. The van der Waals surface area contributed by atoms with Gasteiger partial charge < -0.3 is 5.11 Å². The molecule has 1 saturated heterocycles. The second-order valence-electron chi connectivity index (χ2n) is 7.05. The van der Waals surface area contributed by atoms with Gasteiger partial charge in [-0.25, -0.2) is 8.42 Å². The summed E-state index contributed by atoms with van der Waals surface area (Å²) in [5.74, 6) is 0.394. The van der Waals surface area contributed by atoms with Gasteiger partial charge in [0, 0.05) is 24.4 Å². The Bertz CT molecular complexity index is 635. The summed E-state index contributed by atoms with van der Waals surface area (Å²) < 4.78 is 26.6. The maximum absolute atomic E-state index is 12.6. The molecule has 0 bridgehead atoms. The van der Waals surface area contributed by atoms with Crippen molar-refractivity contribution < 1.29 is 13.5 Å². The SMILES string of the molecule is CC(C)C[C@H]1CN(S(=O)(=O)C=Cc2ccccc2)CC[C@@]1(C)O. The van der Waals surface area contributed by atoms with E-state index in [1.54, 1.807) is 6.08 Å². The minimum atomic E-state index is -3.46. The Balaban J connectivity index is 2.12. The van der Waals surface area contributed by atoms with Crippen molar-refractivity contribution in [1.82, 2.24) is 4.31 Å². The number of rotatable bonds is 5. The summed E-state index contributed by atoms with van der Waals surface area (Å²) in [7, 11) is -3.46. The van der Waals surface area contributed by atoms with Crippen LogP contribution in [0.25, 0.3) is 6.08 Å². The van der Waals surface area contributed by atoms with Crippen molar-refractivity contribution in [1.29, 1.82) is 0 Å². The van der Waals surface area contributed by atoms with Crippen LogP contribution in [0.3, 0.4) is 0 Å². The molecular formula is C18H27NO3S. The highest BCUT2D eigenvalue weighted by Crippen LogP contribution is 2.33. The molecule has 0 aliphatic carbocycles. The molecule has 1 aromatic rings. The number of hydrogen-bond donors (Lipinski definition) is 1. The van der Waals surface area contributed by atoms with Gasteiger partial charge in [-0.15, -0.1) is 0 Å². The molecule has 1 aliphatic heterocycles. The van der Waals surface area contributed by atoms with Crippen molar-refractivity contribution >= 4 is 16.1 Å². The van der Waals surface area contributed by atoms with Gasteiger partial charge in [-0.2, -0.15) is 4.31 Å². The summed E-state index contributed by atoms with van der Waals surface area (Å²) in [6.45, 7) is 6.76. The fraction of sp³-hybridized carbons (Fsp3) is 0.556. The van der Waals surface area contributed by atoms with Crippen molar-refractivity contribution in [2.45, 2.75) is 39.2 Å². The predicted octanol–water partition coefficient (Wildman–Crippen LogP) is 3.11. The first-order chi connectivity index (χ1) is 10.7. The van der Waals surface area contributed by atoms with Crippen LogP contribution in [0.5, 0.6) is 0 Å². The van der Waals surface area contributed by atoms with E-state index in [2.05, 4.69) is 13.8 Å². The van der Waals surface area contributed by atoms with Gasteiger partial charge in [0.15, 0.2) is 0 Å². The van der Waals surface area contributed by atoms with E-state index in [4.69, 9.17) is 0 Å². The number of hydrogen-bond acceptors (Lipinski definition) is 3. The average molecular weight is 337 g/mol. The molecule has 2 rings (SSSR count). The molecule has 23 heavy (non-hydrogen) atoms. The lowest BCUT2D eigenvalue weighted by Crippen LogP contribution is -2.51. The van der Waals surface area contributed by atoms with Crippen LogP contribution in [0.4, 0.5) is 0 Å². The molecule has 1 N–H and O–H groups in total. The summed E-state index contributed by atoms with van der Waals surface area (Å²) in [6.07, 6.45) is 2.92. The summed E-state index contributed by atoms with van der Waals surface area (Å²) in [4.78, 5) is 0. The molecule has 2 atom stereocenters. The van der Waals surface area contributed by atoms with Gasteiger partial charge in [0.25, 0.3) is 0 Å². The van der Waals surface area contributed by atoms with Crippen molar-refractivity contribution in [3.63, 3.8) is 0 Å². The van der Waals surface area contributed by atoms with Gasteiger partial charge >= 0.3 is 0 Å². The minimum Gasteiger partial charge on any atom is -0.390 e. The van der Waals surface area contributed by atoms with Crippen molar-refractivity contribution in [3.8, 4) is 0 Å². The molecule has 128 valence electrons. The molecule has 0 saturated carbocycles. The van der Waals surface area contributed by atoms with Crippen LogP contribution in [-0.4, -0.2) is 36.5 Å². The normalized spacial score (nSPS) is 26.9. The highest BCUT2D eigenvalue weighted by atomic mass is 32.2. The van der Waals surface area contributed by atoms with Crippen LogP contribution in [0.15, 0.2) is 35.7 Å². The number of nitrogens with zero attached hydrogens (tertiary/aromatic N) is 1. The lowest BCUT2D eigenvalue weighted by atomic mass is 9.78. The quantitative estimate of drug-likeness (QED) is 0.898. The van der Waals surface area contributed by atoms with E-state index in [-0.39, 0.29) is 5.92 Å². The third kappa shape index (κ3) is 4.90. The minimum absolute atomic E-state index is 0.0313. The van der Waals surface area contributed by atoms with Gasteiger partial charge in [0.05, 0.1) is 5.60 Å². The zero-order valence-electron chi connectivity index (χ0n) is 14.1. The Morgan fingerprint density at radius 1 is 1.35 bits per heavy atom. The molecule has 1 aliphatic rings. The van der Waals surface area contributed by atoms with E-state index in [0.29, 0.717) is 25.4 Å². The van der Waals surface area contributed by atoms with E-state index >= 15 is 0 Å². The highest BCUT2D eigenvalue weighted by molar-refractivity contribution is 7.92. The zero-order valence-corrected chi connectivity index (χ0v) is 15.0. The van der Waals surface area contributed by atoms with Crippen LogP contribution < -0.4 is 0 Å². The molecule has 0 aromatic heterocycles. The summed E-state index contributed by atoms with van der Waals surface area (Å²) in [5, 5.41) is 11.8. The Kier molecular flexibility index (Phi) is 5.65. The Morgan fingerprint density at radius 2 is 2.00 bits per heavy atom. The van der Waals surface area contributed by atoms with Crippen molar-refractivity contribution in [3.05, 3.63) is 41.3 Å². The lowest BCUT2D eigenvalue weighted by Gasteiger charge is -2.42. The first-order valence-corrected chi connectivity index (χ1v) is 9.67. The summed E-state index contributed by atoms with van der Waals surface area (Å²) >= 11 is 0. The fourth-order valence-corrected chi connectivity index (χ4v) is 4.27. The molecule has 0 amide bonds. The number of aliphatic hydroxyl groups is 1. The summed E-state index contributed by atoms with van der Waals surface area (Å²) in [5.41, 5.74) is 0.0678. The molecule has 4 nitrogen and oxygen atoms in total. The van der Waals surface area contributed by atoms with Crippen LogP contribution in [-0.2, 0) is 10.0 Å². The molecule has 1 fully saturated rings. The Labute approximate surface area is 139 Å². The van der Waals surface area contributed by atoms with E-state index in [9.17, 15) is 13.5 Å². The van der Waals surface area contributed by atoms with Gasteiger partial charge in [-0.3, -0.25) is 0 Å². The number of sulfonamides is 1. The smallest absolute Gasteiger partial charge is 0.236 e. The van der Waals surface area contributed by atoms with Crippen LogP contribution in [0.1, 0.15) is 39.2 Å². The lowest BCUT2D eigenvalue weighted by molar-refractivity contribution is -0.0480. The van der Waals surface area contributed by atoms with Crippen LogP contribution >= 0.6 is 0 Å². The monoisotopic (exact) mass is 337 g/mol. The van der Waals surface area contributed by atoms with E-state index in [1.165, 1.54) is 9.71 Å².